The van der Waals surface area contributed by atoms with Crippen LogP contribution in [0, 0.1) is 24.2 Å². The molecule has 0 radical (unpaired) electrons. The molecule has 1 heterocycles. The fourth-order valence-electron chi connectivity index (χ4n) is 1.61. The van der Waals surface area contributed by atoms with Gasteiger partial charge in [0.25, 0.3) is 0 Å². The highest BCUT2D eigenvalue weighted by atomic mass is 15.2. The van der Waals surface area contributed by atoms with Gasteiger partial charge in [-0.05, 0) is 12.8 Å². The van der Waals surface area contributed by atoms with Gasteiger partial charge in [0.2, 0.25) is 0 Å². The van der Waals surface area contributed by atoms with Gasteiger partial charge >= 0.3 is 0 Å². The molecule has 0 aliphatic carbocycles. The highest BCUT2D eigenvalue weighted by molar-refractivity contribution is 5.49. The number of nitriles is 1. The lowest BCUT2D eigenvalue weighted by atomic mass is 10.2. The van der Waals surface area contributed by atoms with Gasteiger partial charge in [0.05, 0.1) is 6.07 Å². The smallest absolute Gasteiger partial charge is 0.134 e. The number of anilines is 2. The van der Waals surface area contributed by atoms with Gasteiger partial charge < -0.3 is 10.2 Å². The quantitative estimate of drug-likeness (QED) is 0.786. The standard InChI is InChI=1S/C12H19N5/c1-9(2)8-17(4)12-7-11(14-6-5-13)15-10(3)16-12/h7,9H,6,8H2,1-4H3,(H,14,15,16). The number of aromatic nitrogens is 2. The van der Waals surface area contributed by atoms with Crippen molar-refractivity contribution >= 4 is 11.6 Å². The van der Waals surface area contributed by atoms with Crippen LogP contribution in [0.2, 0.25) is 0 Å². The van der Waals surface area contributed by atoms with E-state index in [4.69, 9.17) is 5.26 Å². The summed E-state index contributed by atoms with van der Waals surface area (Å²) < 4.78 is 0. The van der Waals surface area contributed by atoms with Crippen LogP contribution < -0.4 is 10.2 Å². The van der Waals surface area contributed by atoms with Crippen molar-refractivity contribution in [2.45, 2.75) is 20.8 Å². The van der Waals surface area contributed by atoms with Crippen LogP contribution in [-0.4, -0.2) is 30.1 Å². The number of nitrogens with one attached hydrogen (secondary N) is 1. The van der Waals surface area contributed by atoms with E-state index in [2.05, 4.69) is 34.0 Å². The molecule has 0 aliphatic heterocycles. The second-order valence-corrected chi connectivity index (χ2v) is 4.44. The van der Waals surface area contributed by atoms with E-state index in [-0.39, 0.29) is 6.54 Å². The summed E-state index contributed by atoms with van der Waals surface area (Å²) in [6.07, 6.45) is 0. The summed E-state index contributed by atoms with van der Waals surface area (Å²) in [5.41, 5.74) is 0. The van der Waals surface area contributed by atoms with Crippen molar-refractivity contribution in [3.05, 3.63) is 11.9 Å². The molecule has 1 aromatic rings. The maximum Gasteiger partial charge on any atom is 0.134 e. The van der Waals surface area contributed by atoms with Crippen LogP contribution in [0.4, 0.5) is 11.6 Å². The van der Waals surface area contributed by atoms with Gasteiger partial charge in [0, 0.05) is 19.7 Å². The highest BCUT2D eigenvalue weighted by Gasteiger charge is 2.07. The molecule has 0 aromatic carbocycles. The molecule has 1 aromatic heterocycles. The minimum atomic E-state index is 0.254. The third kappa shape index (κ3) is 4.27. The molecule has 0 unspecified atom stereocenters. The molecule has 17 heavy (non-hydrogen) atoms. The Morgan fingerprint density at radius 2 is 2.18 bits per heavy atom. The van der Waals surface area contributed by atoms with Crippen molar-refractivity contribution in [2.24, 2.45) is 5.92 Å². The van der Waals surface area contributed by atoms with Crippen LogP contribution in [0.5, 0.6) is 0 Å². The van der Waals surface area contributed by atoms with E-state index in [1.54, 1.807) is 0 Å². The molecular weight excluding hydrogens is 214 g/mol. The van der Waals surface area contributed by atoms with E-state index in [0.29, 0.717) is 17.6 Å². The average Bonchev–Trinajstić information content (AvgIpc) is 2.24. The number of nitrogens with zero attached hydrogens (tertiary/aromatic N) is 4. The second-order valence-electron chi connectivity index (χ2n) is 4.44. The summed E-state index contributed by atoms with van der Waals surface area (Å²) >= 11 is 0. The largest absolute Gasteiger partial charge is 0.359 e. The Labute approximate surface area is 102 Å². The number of aryl methyl sites for hydroxylation is 1. The second kappa shape index (κ2) is 6.04. The van der Waals surface area contributed by atoms with Crippen LogP contribution in [-0.2, 0) is 0 Å². The van der Waals surface area contributed by atoms with Crippen molar-refractivity contribution in [1.82, 2.24) is 9.97 Å². The minimum Gasteiger partial charge on any atom is -0.359 e. The highest BCUT2D eigenvalue weighted by Crippen LogP contribution is 2.15. The molecule has 0 saturated carbocycles. The molecule has 0 saturated heterocycles. The van der Waals surface area contributed by atoms with Crippen molar-refractivity contribution in [1.29, 1.82) is 5.26 Å². The molecule has 1 rings (SSSR count). The van der Waals surface area contributed by atoms with E-state index >= 15 is 0 Å². The summed E-state index contributed by atoms with van der Waals surface area (Å²) in [4.78, 5) is 10.7. The lowest BCUT2D eigenvalue weighted by Crippen LogP contribution is -2.24. The Hall–Kier alpha value is -1.83. The van der Waals surface area contributed by atoms with Crippen LogP contribution in [0.25, 0.3) is 0 Å². The summed E-state index contributed by atoms with van der Waals surface area (Å²) in [5, 5.41) is 11.5. The Bertz CT molecular complexity index is 408. The minimum absolute atomic E-state index is 0.254. The van der Waals surface area contributed by atoms with Crippen LogP contribution in [0.15, 0.2) is 6.07 Å². The third-order valence-corrected chi connectivity index (χ3v) is 2.20. The Kier molecular flexibility index (Phi) is 4.70. The van der Waals surface area contributed by atoms with Gasteiger partial charge in [0.1, 0.15) is 24.0 Å². The number of rotatable bonds is 5. The predicted octanol–water partition coefficient (Wildman–Crippen LogP) is 1.81. The zero-order chi connectivity index (χ0) is 12.8. The fraction of sp³-hybridized carbons (Fsp3) is 0.583. The first kappa shape index (κ1) is 13.2. The Morgan fingerprint density at radius 1 is 1.47 bits per heavy atom. The van der Waals surface area contributed by atoms with E-state index < -0.39 is 0 Å². The zero-order valence-corrected chi connectivity index (χ0v) is 10.9. The summed E-state index contributed by atoms with van der Waals surface area (Å²) in [6.45, 7) is 7.38. The molecule has 0 spiro atoms. The summed E-state index contributed by atoms with van der Waals surface area (Å²) in [6, 6.07) is 3.90. The topological polar surface area (TPSA) is 64.8 Å². The van der Waals surface area contributed by atoms with Gasteiger partial charge in [-0.15, -0.1) is 0 Å². The molecule has 0 atom stereocenters. The third-order valence-electron chi connectivity index (χ3n) is 2.20. The average molecular weight is 233 g/mol. The first-order chi connectivity index (χ1) is 8.02. The first-order valence-corrected chi connectivity index (χ1v) is 5.70. The van der Waals surface area contributed by atoms with Gasteiger partial charge in [-0.2, -0.15) is 5.26 Å². The molecule has 0 aliphatic rings. The lowest BCUT2D eigenvalue weighted by molar-refractivity contribution is 0.633. The summed E-state index contributed by atoms with van der Waals surface area (Å²) in [7, 11) is 2.01. The van der Waals surface area contributed by atoms with Crippen molar-refractivity contribution < 1.29 is 0 Å². The first-order valence-electron chi connectivity index (χ1n) is 5.70. The van der Waals surface area contributed by atoms with Gasteiger partial charge in [-0.1, -0.05) is 13.8 Å². The van der Waals surface area contributed by atoms with E-state index in [1.165, 1.54) is 0 Å². The van der Waals surface area contributed by atoms with E-state index in [9.17, 15) is 0 Å². The normalized spacial score (nSPS) is 10.1. The SMILES string of the molecule is Cc1nc(NCC#N)cc(N(C)CC(C)C)n1. The van der Waals surface area contributed by atoms with Gasteiger partial charge in [-0.3, -0.25) is 0 Å². The maximum atomic E-state index is 8.53. The predicted molar refractivity (Wildman–Crippen MR) is 69.0 cm³/mol. The lowest BCUT2D eigenvalue weighted by Gasteiger charge is -2.21. The van der Waals surface area contributed by atoms with Crippen molar-refractivity contribution in [3.8, 4) is 6.07 Å². The molecule has 5 heteroatoms. The fourth-order valence-corrected chi connectivity index (χ4v) is 1.61. The molecule has 5 nitrogen and oxygen atoms in total. The molecular formula is C12H19N5. The number of hydrogen-bond acceptors (Lipinski definition) is 5. The molecule has 1 N–H and O–H groups in total. The van der Waals surface area contributed by atoms with Crippen LogP contribution in [0.1, 0.15) is 19.7 Å². The van der Waals surface area contributed by atoms with Crippen LogP contribution in [0.3, 0.4) is 0 Å². The number of hydrogen-bond donors (Lipinski definition) is 1. The van der Waals surface area contributed by atoms with Crippen LogP contribution >= 0.6 is 0 Å². The van der Waals surface area contributed by atoms with Gasteiger partial charge in [0.15, 0.2) is 0 Å². The Morgan fingerprint density at radius 3 is 2.76 bits per heavy atom. The Balaban J connectivity index is 2.85. The molecule has 0 fully saturated rings. The monoisotopic (exact) mass is 233 g/mol. The summed E-state index contributed by atoms with van der Waals surface area (Å²) in [5.74, 6) is 2.86. The molecule has 0 bridgehead atoms. The van der Waals surface area contributed by atoms with Crippen molar-refractivity contribution in [3.63, 3.8) is 0 Å². The van der Waals surface area contributed by atoms with Gasteiger partial charge in [-0.25, -0.2) is 9.97 Å². The van der Waals surface area contributed by atoms with E-state index in [1.807, 2.05) is 26.1 Å². The van der Waals surface area contributed by atoms with Crippen molar-refractivity contribution in [2.75, 3.05) is 30.4 Å². The maximum absolute atomic E-state index is 8.53. The molecule has 92 valence electrons. The molecule has 0 amide bonds. The zero-order valence-electron chi connectivity index (χ0n) is 10.9. The van der Waals surface area contributed by atoms with E-state index in [0.717, 1.165) is 12.4 Å².